The molecule has 0 bridgehead atoms. The van der Waals surface area contributed by atoms with Gasteiger partial charge in [-0.2, -0.15) is 0 Å². The summed E-state index contributed by atoms with van der Waals surface area (Å²) >= 11 is 5.14. The van der Waals surface area contributed by atoms with Crippen LogP contribution < -0.4 is 0 Å². The number of carbonyl (C=O) groups excluding carboxylic acids is 3. The zero-order valence-electron chi connectivity index (χ0n) is 19.2. The molecule has 0 spiro atoms. The maximum absolute atomic E-state index is 13.1. The van der Waals surface area contributed by atoms with Crippen LogP contribution in [0.2, 0.25) is 0 Å². The van der Waals surface area contributed by atoms with E-state index in [4.69, 9.17) is 12.6 Å². The van der Waals surface area contributed by atoms with Gasteiger partial charge in [-0.3, -0.25) is 9.59 Å². The Morgan fingerprint density at radius 2 is 1.69 bits per heavy atom. The van der Waals surface area contributed by atoms with E-state index in [1.54, 1.807) is 13.8 Å². The SMILES string of the molecule is CCC(C)(C)C(=O)C(=O)N1CCCC1(CCCc1ccccc1-c1ccccc1)C(=O)[S-]. The maximum atomic E-state index is 13.1. The van der Waals surface area contributed by atoms with Crippen LogP contribution in [0.25, 0.3) is 11.1 Å². The molecule has 1 unspecified atom stereocenters. The number of carbonyl (C=O) groups is 3. The molecule has 1 fully saturated rings. The van der Waals surface area contributed by atoms with Crippen LogP contribution >= 0.6 is 0 Å². The highest BCUT2D eigenvalue weighted by Gasteiger charge is 2.47. The van der Waals surface area contributed by atoms with Crippen molar-refractivity contribution in [3.8, 4) is 11.1 Å². The Morgan fingerprint density at radius 1 is 1.03 bits per heavy atom. The van der Waals surface area contributed by atoms with Gasteiger partial charge in [-0.1, -0.05) is 75.4 Å². The van der Waals surface area contributed by atoms with Crippen molar-refractivity contribution in [2.75, 3.05) is 6.54 Å². The molecule has 170 valence electrons. The lowest BCUT2D eigenvalue weighted by atomic mass is 9.83. The minimum absolute atomic E-state index is 0.410. The predicted octanol–water partition coefficient (Wildman–Crippen LogP) is 5.12. The van der Waals surface area contributed by atoms with E-state index in [0.29, 0.717) is 38.6 Å². The lowest BCUT2D eigenvalue weighted by Crippen LogP contribution is -2.56. The number of aryl methyl sites for hydroxylation is 1. The van der Waals surface area contributed by atoms with Gasteiger partial charge in [0.2, 0.25) is 5.78 Å². The Hall–Kier alpha value is -2.53. The van der Waals surface area contributed by atoms with Gasteiger partial charge in [0.25, 0.3) is 5.91 Å². The van der Waals surface area contributed by atoms with Gasteiger partial charge in [-0.25, -0.2) is 0 Å². The fourth-order valence-corrected chi connectivity index (χ4v) is 4.84. The minimum Gasteiger partial charge on any atom is -0.740 e. The lowest BCUT2D eigenvalue weighted by molar-refractivity contribution is -0.153. The van der Waals surface area contributed by atoms with E-state index < -0.39 is 27.8 Å². The highest BCUT2D eigenvalue weighted by atomic mass is 32.1. The van der Waals surface area contributed by atoms with Crippen LogP contribution in [-0.2, 0) is 33.4 Å². The number of amides is 1. The van der Waals surface area contributed by atoms with Crippen LogP contribution in [-0.4, -0.2) is 33.8 Å². The van der Waals surface area contributed by atoms with Gasteiger partial charge in [0.15, 0.2) is 0 Å². The van der Waals surface area contributed by atoms with Crippen LogP contribution in [0.1, 0.15) is 58.4 Å². The summed E-state index contributed by atoms with van der Waals surface area (Å²) in [6.07, 6.45) is 3.74. The van der Waals surface area contributed by atoms with Gasteiger partial charge in [0, 0.05) is 17.1 Å². The third-order valence-corrected chi connectivity index (χ3v) is 7.33. The Balaban J connectivity index is 1.79. The molecule has 1 amide bonds. The first-order valence-electron chi connectivity index (χ1n) is 11.4. The Kier molecular flexibility index (Phi) is 7.50. The van der Waals surface area contributed by atoms with Gasteiger partial charge in [-0.15, -0.1) is 0 Å². The predicted molar refractivity (Wildman–Crippen MR) is 130 cm³/mol. The number of benzene rings is 2. The third kappa shape index (κ3) is 4.78. The standard InChI is InChI=1S/C27H33NO3S/c1-4-26(2,3)23(29)24(30)28-19-11-18-27(28,25(31)32)17-10-15-21-14-8-9-16-22(21)20-12-6-5-7-13-20/h5-9,12-14,16H,4,10-11,15,17-19H2,1-3H3,(H,31,32)/p-1. The van der Waals surface area contributed by atoms with E-state index in [-0.39, 0.29) is 0 Å². The van der Waals surface area contributed by atoms with Crippen LogP contribution in [0.4, 0.5) is 0 Å². The zero-order valence-corrected chi connectivity index (χ0v) is 20.0. The van der Waals surface area contributed by atoms with E-state index in [2.05, 4.69) is 24.3 Å². The molecule has 0 N–H and O–H groups in total. The van der Waals surface area contributed by atoms with E-state index in [1.807, 2.05) is 37.3 Å². The number of likely N-dealkylation sites (tertiary alicyclic amines) is 1. The first kappa shape index (κ1) is 24.1. The van der Waals surface area contributed by atoms with Crippen molar-refractivity contribution in [2.45, 2.75) is 64.8 Å². The summed E-state index contributed by atoms with van der Waals surface area (Å²) in [6.45, 7) is 5.86. The molecular weight excluding hydrogens is 418 g/mol. The Morgan fingerprint density at radius 3 is 2.34 bits per heavy atom. The zero-order chi connectivity index (χ0) is 23.4. The van der Waals surface area contributed by atoms with E-state index in [1.165, 1.54) is 16.0 Å². The van der Waals surface area contributed by atoms with Gasteiger partial charge in [-0.05, 0) is 55.2 Å². The highest BCUT2D eigenvalue weighted by molar-refractivity contribution is 7.77. The largest absolute Gasteiger partial charge is 0.740 e. The molecule has 2 aromatic carbocycles. The highest BCUT2D eigenvalue weighted by Crippen LogP contribution is 2.37. The molecule has 1 heterocycles. The van der Waals surface area contributed by atoms with Gasteiger partial charge < -0.3 is 22.3 Å². The third-order valence-electron chi connectivity index (χ3n) is 6.95. The number of nitrogens with zero attached hydrogens (tertiary/aromatic N) is 1. The van der Waals surface area contributed by atoms with E-state index >= 15 is 0 Å². The smallest absolute Gasteiger partial charge is 0.291 e. The molecule has 2 aromatic rings. The summed E-state index contributed by atoms with van der Waals surface area (Å²) in [6, 6.07) is 18.5. The topological polar surface area (TPSA) is 54.5 Å². The maximum Gasteiger partial charge on any atom is 0.291 e. The van der Waals surface area contributed by atoms with Crippen molar-refractivity contribution >= 4 is 29.4 Å². The second-order valence-corrected chi connectivity index (χ2v) is 9.69. The summed E-state index contributed by atoms with van der Waals surface area (Å²) in [5.41, 5.74) is 1.73. The van der Waals surface area contributed by atoms with Gasteiger partial charge in [0.1, 0.15) is 0 Å². The summed E-state index contributed by atoms with van der Waals surface area (Å²) < 4.78 is 0. The summed E-state index contributed by atoms with van der Waals surface area (Å²) in [5, 5.41) is -0.429. The molecule has 0 aromatic heterocycles. The van der Waals surface area contributed by atoms with E-state index in [9.17, 15) is 14.4 Å². The fourth-order valence-electron chi connectivity index (χ4n) is 4.53. The number of rotatable bonds is 9. The number of hydrogen-bond donors (Lipinski definition) is 0. The monoisotopic (exact) mass is 450 g/mol. The van der Waals surface area contributed by atoms with Crippen molar-refractivity contribution in [1.82, 2.24) is 4.90 Å². The Bertz CT molecular complexity index is 985. The molecular formula is C27H32NO3S-. The molecule has 1 aliphatic rings. The molecule has 0 saturated carbocycles. The second kappa shape index (κ2) is 9.95. The van der Waals surface area contributed by atoms with Crippen molar-refractivity contribution < 1.29 is 14.4 Å². The minimum atomic E-state index is -1.05. The van der Waals surface area contributed by atoms with Crippen LogP contribution in [0.5, 0.6) is 0 Å². The molecule has 32 heavy (non-hydrogen) atoms. The van der Waals surface area contributed by atoms with Crippen molar-refractivity contribution in [2.24, 2.45) is 5.41 Å². The molecule has 0 radical (unpaired) electrons. The summed E-state index contributed by atoms with van der Waals surface area (Å²) in [4.78, 5) is 40.1. The van der Waals surface area contributed by atoms with E-state index in [0.717, 1.165) is 12.0 Å². The normalized spacial score (nSPS) is 18.5. The summed E-state index contributed by atoms with van der Waals surface area (Å²) in [5.74, 6) is -0.991. The molecule has 1 atom stereocenters. The van der Waals surface area contributed by atoms with Crippen LogP contribution in [0, 0.1) is 5.41 Å². The van der Waals surface area contributed by atoms with Crippen molar-refractivity contribution in [3.05, 3.63) is 60.2 Å². The molecule has 1 aliphatic heterocycles. The number of hydrogen-bond acceptors (Lipinski definition) is 4. The average molecular weight is 451 g/mol. The molecule has 5 heteroatoms. The van der Waals surface area contributed by atoms with Gasteiger partial charge in [0.05, 0.1) is 5.54 Å². The first-order valence-corrected chi connectivity index (χ1v) is 11.8. The lowest BCUT2D eigenvalue weighted by Gasteiger charge is -2.41. The van der Waals surface area contributed by atoms with Crippen LogP contribution in [0.15, 0.2) is 54.6 Å². The average Bonchev–Trinajstić information content (AvgIpc) is 3.24. The van der Waals surface area contributed by atoms with Crippen LogP contribution in [0.3, 0.4) is 0 Å². The second-order valence-electron chi connectivity index (χ2n) is 9.32. The molecule has 3 rings (SSSR count). The molecule has 4 nitrogen and oxygen atoms in total. The fraction of sp³-hybridized carbons (Fsp3) is 0.444. The molecule has 1 saturated heterocycles. The first-order chi connectivity index (χ1) is 15.2. The number of Topliss-reactive ketones (excluding diaryl/α,β-unsaturated/α-hetero) is 1. The van der Waals surface area contributed by atoms with Crippen molar-refractivity contribution in [1.29, 1.82) is 0 Å². The van der Waals surface area contributed by atoms with Gasteiger partial charge >= 0.3 is 0 Å². The quantitative estimate of drug-likeness (QED) is 0.393. The summed E-state index contributed by atoms with van der Waals surface area (Å²) in [7, 11) is 0. The molecule has 0 aliphatic carbocycles. The number of ketones is 1. The van der Waals surface area contributed by atoms with Crippen molar-refractivity contribution in [3.63, 3.8) is 0 Å². The Labute approximate surface area is 196 Å².